The van der Waals surface area contributed by atoms with Crippen LogP contribution < -0.4 is 0 Å². The average molecular weight is 208 g/mol. The zero-order valence-electron chi connectivity index (χ0n) is 7.58. The van der Waals surface area contributed by atoms with E-state index in [1.807, 2.05) is 24.3 Å². The van der Waals surface area contributed by atoms with E-state index >= 15 is 0 Å². The maximum Gasteiger partial charge on any atom is 0.414 e. The van der Waals surface area contributed by atoms with Gasteiger partial charge in [-0.1, -0.05) is 24.3 Å². The summed E-state index contributed by atoms with van der Waals surface area (Å²) in [5, 5.41) is 17.1. The lowest BCUT2D eigenvalue weighted by molar-refractivity contribution is -0.159. The molecule has 0 aliphatic heterocycles. The van der Waals surface area contributed by atoms with Gasteiger partial charge in [0, 0.05) is 10.8 Å². The molecule has 0 bridgehead atoms. The van der Waals surface area contributed by atoms with E-state index in [0.29, 0.717) is 0 Å². The highest BCUT2D eigenvalue weighted by Crippen LogP contribution is 2.12. The Morgan fingerprint density at radius 3 is 1.67 bits per heavy atom. The minimum atomic E-state index is -1.82. The molecule has 0 atom stereocenters. The first kappa shape index (κ1) is 10.8. The van der Waals surface area contributed by atoms with E-state index in [0.717, 1.165) is 10.8 Å². The van der Waals surface area contributed by atoms with Crippen LogP contribution in [0.3, 0.4) is 0 Å². The molecule has 78 valence electrons. The molecule has 0 unspecified atom stereocenters. The molecule has 0 spiro atoms. The van der Waals surface area contributed by atoms with Crippen molar-refractivity contribution >= 4 is 22.7 Å². The van der Waals surface area contributed by atoms with Crippen LogP contribution in [0.4, 0.5) is 0 Å². The van der Waals surface area contributed by atoms with Gasteiger partial charge in [-0.3, -0.25) is 0 Å². The highest BCUT2D eigenvalue weighted by atomic mass is 16.4. The standard InChI is InChI=1S/C8H6O.C2H2O4/c1-2-4-8-6-9-5-7(8)3-1;3-1(4)2(5)6/h1-6H;(H,3,4)(H,5,6). The van der Waals surface area contributed by atoms with Gasteiger partial charge in [0.1, 0.15) is 0 Å². The summed E-state index contributed by atoms with van der Waals surface area (Å²) in [6.45, 7) is 0. The number of furan rings is 1. The van der Waals surface area contributed by atoms with E-state index in [1.165, 1.54) is 0 Å². The molecule has 15 heavy (non-hydrogen) atoms. The van der Waals surface area contributed by atoms with Crippen molar-refractivity contribution < 1.29 is 24.2 Å². The lowest BCUT2D eigenvalue weighted by atomic mass is 10.2. The van der Waals surface area contributed by atoms with E-state index < -0.39 is 11.9 Å². The van der Waals surface area contributed by atoms with Crippen LogP contribution in [0, 0.1) is 0 Å². The van der Waals surface area contributed by atoms with Crippen LogP contribution >= 0.6 is 0 Å². The number of carboxylic acids is 2. The van der Waals surface area contributed by atoms with E-state index in [9.17, 15) is 0 Å². The third-order valence-electron chi connectivity index (χ3n) is 1.57. The van der Waals surface area contributed by atoms with Gasteiger partial charge in [0.15, 0.2) is 0 Å². The Labute approximate surface area is 84.6 Å². The topological polar surface area (TPSA) is 87.7 Å². The van der Waals surface area contributed by atoms with Crippen LogP contribution in [-0.4, -0.2) is 22.2 Å². The van der Waals surface area contributed by atoms with Crippen molar-refractivity contribution in [2.45, 2.75) is 0 Å². The maximum atomic E-state index is 9.10. The smallest absolute Gasteiger partial charge is 0.414 e. The lowest BCUT2D eigenvalue weighted by Gasteiger charge is -1.80. The van der Waals surface area contributed by atoms with Gasteiger partial charge < -0.3 is 14.6 Å². The first-order valence-corrected chi connectivity index (χ1v) is 3.98. The zero-order valence-corrected chi connectivity index (χ0v) is 7.58. The summed E-state index contributed by atoms with van der Waals surface area (Å²) >= 11 is 0. The number of aliphatic carboxylic acids is 2. The first-order chi connectivity index (χ1) is 7.11. The van der Waals surface area contributed by atoms with Gasteiger partial charge in [-0.05, 0) is 0 Å². The number of fused-ring (bicyclic) bond motifs is 1. The molecule has 0 amide bonds. The first-order valence-electron chi connectivity index (χ1n) is 3.98. The minimum absolute atomic E-state index is 1.16. The maximum absolute atomic E-state index is 9.10. The van der Waals surface area contributed by atoms with Crippen molar-refractivity contribution in [2.75, 3.05) is 0 Å². The van der Waals surface area contributed by atoms with Crippen molar-refractivity contribution in [1.82, 2.24) is 0 Å². The molecule has 1 heterocycles. The van der Waals surface area contributed by atoms with Crippen molar-refractivity contribution in [3.8, 4) is 0 Å². The molecule has 1 aromatic carbocycles. The summed E-state index contributed by atoms with van der Waals surface area (Å²) < 4.78 is 4.96. The van der Waals surface area contributed by atoms with E-state index in [2.05, 4.69) is 0 Å². The number of carbonyl (C=O) groups is 2. The molecule has 0 aliphatic carbocycles. The van der Waals surface area contributed by atoms with Gasteiger partial charge in [0.05, 0.1) is 12.5 Å². The summed E-state index contributed by atoms with van der Waals surface area (Å²) in [7, 11) is 0. The Morgan fingerprint density at radius 2 is 1.33 bits per heavy atom. The fourth-order valence-corrected chi connectivity index (χ4v) is 0.906. The fourth-order valence-electron chi connectivity index (χ4n) is 0.906. The average Bonchev–Trinajstić information content (AvgIpc) is 2.66. The Balaban J connectivity index is 0.000000167. The van der Waals surface area contributed by atoms with Crippen LogP contribution in [0.5, 0.6) is 0 Å². The van der Waals surface area contributed by atoms with Gasteiger partial charge in [0.25, 0.3) is 0 Å². The number of hydrogen-bond acceptors (Lipinski definition) is 3. The van der Waals surface area contributed by atoms with E-state index in [4.69, 9.17) is 24.2 Å². The number of hydrogen-bond donors (Lipinski definition) is 2. The summed E-state index contributed by atoms with van der Waals surface area (Å²) in [6.07, 6.45) is 3.49. The highest BCUT2D eigenvalue weighted by Gasteiger charge is 2.04. The van der Waals surface area contributed by atoms with E-state index in [1.54, 1.807) is 12.5 Å². The molecular formula is C10H8O5. The molecule has 1 aromatic heterocycles. The Morgan fingerprint density at radius 1 is 0.933 bits per heavy atom. The zero-order chi connectivity index (χ0) is 11.3. The molecule has 0 aliphatic rings. The molecule has 2 N–H and O–H groups in total. The minimum Gasteiger partial charge on any atom is -0.473 e. The monoisotopic (exact) mass is 208 g/mol. The second-order valence-electron chi connectivity index (χ2n) is 2.61. The van der Waals surface area contributed by atoms with Crippen LogP contribution in [0.15, 0.2) is 41.2 Å². The number of benzene rings is 1. The summed E-state index contributed by atoms with van der Waals surface area (Å²) in [4.78, 5) is 18.2. The SMILES string of the molecule is O=C(O)C(=O)O.c1ccc2cocc2c1. The molecule has 2 aromatic rings. The number of carboxylic acid groups (broad SMARTS) is 2. The molecule has 5 heteroatoms. The van der Waals surface area contributed by atoms with Crippen molar-refractivity contribution in [1.29, 1.82) is 0 Å². The third-order valence-corrected chi connectivity index (χ3v) is 1.57. The largest absolute Gasteiger partial charge is 0.473 e. The van der Waals surface area contributed by atoms with Crippen molar-refractivity contribution in [3.63, 3.8) is 0 Å². The quantitative estimate of drug-likeness (QED) is 0.642. The molecular weight excluding hydrogens is 200 g/mol. The molecule has 5 nitrogen and oxygen atoms in total. The van der Waals surface area contributed by atoms with Gasteiger partial charge >= 0.3 is 11.9 Å². The second-order valence-corrected chi connectivity index (χ2v) is 2.61. The molecule has 0 saturated carbocycles. The predicted molar refractivity (Wildman–Crippen MR) is 51.5 cm³/mol. The van der Waals surface area contributed by atoms with Crippen LogP contribution in [-0.2, 0) is 9.59 Å². The predicted octanol–water partition coefficient (Wildman–Crippen LogP) is 1.59. The molecule has 0 radical (unpaired) electrons. The van der Waals surface area contributed by atoms with Gasteiger partial charge in [-0.25, -0.2) is 9.59 Å². The molecule has 0 saturated heterocycles. The fraction of sp³-hybridized carbons (Fsp3) is 0. The highest BCUT2D eigenvalue weighted by molar-refractivity contribution is 6.27. The lowest BCUT2D eigenvalue weighted by Crippen LogP contribution is -2.09. The van der Waals surface area contributed by atoms with Gasteiger partial charge in [-0.2, -0.15) is 0 Å². The van der Waals surface area contributed by atoms with Crippen LogP contribution in [0.2, 0.25) is 0 Å². The van der Waals surface area contributed by atoms with Crippen LogP contribution in [0.1, 0.15) is 0 Å². The summed E-state index contributed by atoms with van der Waals surface area (Å²) in [5.41, 5.74) is 0. The molecule has 2 rings (SSSR count). The van der Waals surface area contributed by atoms with Crippen molar-refractivity contribution in [2.24, 2.45) is 0 Å². The Bertz CT molecular complexity index is 429. The third kappa shape index (κ3) is 3.15. The van der Waals surface area contributed by atoms with Crippen LogP contribution in [0.25, 0.3) is 10.8 Å². The Hall–Kier alpha value is -2.30. The molecule has 0 fully saturated rings. The van der Waals surface area contributed by atoms with Gasteiger partial charge in [0.2, 0.25) is 0 Å². The summed E-state index contributed by atoms with van der Waals surface area (Å²) in [5.74, 6) is -3.65. The normalized spacial score (nSPS) is 9.07. The van der Waals surface area contributed by atoms with Gasteiger partial charge in [-0.15, -0.1) is 0 Å². The summed E-state index contributed by atoms with van der Waals surface area (Å²) in [6, 6.07) is 8.05. The second kappa shape index (κ2) is 4.80. The van der Waals surface area contributed by atoms with Crippen molar-refractivity contribution in [3.05, 3.63) is 36.8 Å². The number of rotatable bonds is 0. The van der Waals surface area contributed by atoms with E-state index in [-0.39, 0.29) is 0 Å². The Kier molecular flexibility index (Phi) is 3.45.